The van der Waals surface area contributed by atoms with Crippen LogP contribution in [0, 0.1) is 0 Å². The number of hydrogen-bond acceptors (Lipinski definition) is 3. The van der Waals surface area contributed by atoms with Crippen molar-refractivity contribution < 1.29 is 4.79 Å². The van der Waals surface area contributed by atoms with Crippen molar-refractivity contribution in [1.82, 2.24) is 14.9 Å². The van der Waals surface area contributed by atoms with Gasteiger partial charge in [0.1, 0.15) is 0 Å². The van der Waals surface area contributed by atoms with Gasteiger partial charge in [-0.2, -0.15) is 0 Å². The molecule has 0 aliphatic heterocycles. The molecule has 0 radical (unpaired) electrons. The van der Waals surface area contributed by atoms with E-state index in [0.29, 0.717) is 17.8 Å². The molecule has 5 heteroatoms. The number of nitrogens with one attached hydrogen (secondary N) is 1. The molecule has 17 heavy (non-hydrogen) atoms. The van der Waals surface area contributed by atoms with Crippen LogP contribution < -0.4 is 11.1 Å². The number of rotatable bonds is 3. The Morgan fingerprint density at radius 3 is 3.00 bits per heavy atom. The van der Waals surface area contributed by atoms with Crippen molar-refractivity contribution in [2.45, 2.75) is 6.92 Å². The SMILES string of the molecule is CCNC(=O)c1ccc(N)c(-n2ccnc2)c1. The predicted octanol–water partition coefficient (Wildman–Crippen LogP) is 1.20. The van der Waals surface area contributed by atoms with Crippen molar-refractivity contribution in [3.8, 4) is 5.69 Å². The van der Waals surface area contributed by atoms with Crippen molar-refractivity contribution in [2.24, 2.45) is 0 Å². The van der Waals surface area contributed by atoms with Crippen molar-refractivity contribution in [1.29, 1.82) is 0 Å². The number of imidazole rings is 1. The van der Waals surface area contributed by atoms with Gasteiger partial charge in [-0.3, -0.25) is 4.79 Å². The number of aromatic nitrogens is 2. The highest BCUT2D eigenvalue weighted by Crippen LogP contribution is 2.18. The van der Waals surface area contributed by atoms with E-state index in [9.17, 15) is 4.79 Å². The molecule has 0 fully saturated rings. The lowest BCUT2D eigenvalue weighted by Crippen LogP contribution is -2.22. The summed E-state index contributed by atoms with van der Waals surface area (Å²) in [7, 11) is 0. The Balaban J connectivity index is 2.40. The highest BCUT2D eigenvalue weighted by atomic mass is 16.1. The fraction of sp³-hybridized carbons (Fsp3) is 0.167. The number of carbonyl (C=O) groups excluding carboxylic acids is 1. The van der Waals surface area contributed by atoms with Crippen LogP contribution in [0.25, 0.3) is 5.69 Å². The first kappa shape index (κ1) is 11.2. The molecule has 3 N–H and O–H groups in total. The van der Waals surface area contributed by atoms with Crippen molar-refractivity contribution >= 4 is 11.6 Å². The first-order valence-electron chi connectivity index (χ1n) is 5.38. The molecule has 2 rings (SSSR count). The van der Waals surface area contributed by atoms with E-state index in [4.69, 9.17) is 5.73 Å². The Morgan fingerprint density at radius 1 is 1.53 bits per heavy atom. The van der Waals surface area contributed by atoms with Gasteiger partial charge in [0.25, 0.3) is 5.91 Å². The number of carbonyl (C=O) groups is 1. The van der Waals surface area contributed by atoms with Crippen molar-refractivity contribution in [3.05, 3.63) is 42.5 Å². The Hall–Kier alpha value is -2.30. The molecule has 1 heterocycles. The van der Waals surface area contributed by atoms with Crippen LogP contribution in [-0.4, -0.2) is 22.0 Å². The second-order valence-corrected chi connectivity index (χ2v) is 3.60. The summed E-state index contributed by atoms with van der Waals surface area (Å²) in [5, 5.41) is 2.75. The molecule has 0 aliphatic rings. The lowest BCUT2D eigenvalue weighted by atomic mass is 10.1. The maximum absolute atomic E-state index is 11.7. The number of nitrogens with zero attached hydrogens (tertiary/aromatic N) is 2. The number of nitrogens with two attached hydrogens (primary N) is 1. The van der Waals surface area contributed by atoms with Gasteiger partial charge in [-0.15, -0.1) is 0 Å². The summed E-state index contributed by atoms with van der Waals surface area (Å²) in [6.07, 6.45) is 5.10. The van der Waals surface area contributed by atoms with Gasteiger partial charge in [-0.1, -0.05) is 0 Å². The van der Waals surface area contributed by atoms with Gasteiger partial charge in [-0.25, -0.2) is 4.98 Å². The number of anilines is 1. The summed E-state index contributed by atoms with van der Waals surface area (Å²) in [4.78, 5) is 15.7. The maximum Gasteiger partial charge on any atom is 0.251 e. The Kier molecular flexibility index (Phi) is 3.09. The molecule has 1 aromatic carbocycles. The van der Waals surface area contributed by atoms with Crippen LogP contribution in [0.2, 0.25) is 0 Å². The van der Waals surface area contributed by atoms with Gasteiger partial charge in [-0.05, 0) is 25.1 Å². The largest absolute Gasteiger partial charge is 0.397 e. The fourth-order valence-corrected chi connectivity index (χ4v) is 1.57. The average molecular weight is 230 g/mol. The number of amides is 1. The molecule has 2 aromatic rings. The molecule has 0 bridgehead atoms. The van der Waals surface area contributed by atoms with Crippen LogP contribution in [0.15, 0.2) is 36.9 Å². The zero-order valence-electron chi connectivity index (χ0n) is 9.55. The molecule has 1 amide bonds. The number of nitrogen functional groups attached to an aromatic ring is 1. The van der Waals surface area contributed by atoms with Gasteiger partial charge in [0.15, 0.2) is 0 Å². The fourth-order valence-electron chi connectivity index (χ4n) is 1.57. The molecular weight excluding hydrogens is 216 g/mol. The van der Waals surface area contributed by atoms with E-state index in [0.717, 1.165) is 5.69 Å². The molecule has 0 aliphatic carbocycles. The van der Waals surface area contributed by atoms with E-state index in [1.165, 1.54) is 0 Å². The molecule has 1 aromatic heterocycles. The van der Waals surface area contributed by atoms with E-state index in [1.807, 2.05) is 6.92 Å². The molecule has 88 valence electrons. The Morgan fingerprint density at radius 2 is 2.35 bits per heavy atom. The summed E-state index contributed by atoms with van der Waals surface area (Å²) < 4.78 is 1.78. The van der Waals surface area contributed by atoms with Gasteiger partial charge in [0, 0.05) is 24.5 Å². The summed E-state index contributed by atoms with van der Waals surface area (Å²) in [5.74, 6) is -0.103. The second-order valence-electron chi connectivity index (χ2n) is 3.60. The minimum Gasteiger partial charge on any atom is -0.397 e. The maximum atomic E-state index is 11.7. The Bertz CT molecular complexity index is 519. The highest BCUT2D eigenvalue weighted by Gasteiger charge is 2.08. The summed E-state index contributed by atoms with van der Waals surface area (Å²) in [6.45, 7) is 2.48. The van der Waals surface area contributed by atoms with Gasteiger partial charge < -0.3 is 15.6 Å². The van der Waals surface area contributed by atoms with Crippen molar-refractivity contribution in [3.63, 3.8) is 0 Å². The average Bonchev–Trinajstić information content (AvgIpc) is 2.83. The standard InChI is InChI=1S/C12H14N4O/c1-2-15-12(17)9-3-4-10(13)11(7-9)16-6-5-14-8-16/h3-8H,2,13H2,1H3,(H,15,17). The Labute approximate surface area is 99.3 Å². The van der Waals surface area contributed by atoms with Crippen molar-refractivity contribution in [2.75, 3.05) is 12.3 Å². The summed E-state index contributed by atoms with van der Waals surface area (Å²) >= 11 is 0. The van der Waals surface area contributed by atoms with Gasteiger partial charge >= 0.3 is 0 Å². The lowest BCUT2D eigenvalue weighted by Gasteiger charge is -2.09. The van der Waals surface area contributed by atoms with Gasteiger partial charge in [0.05, 0.1) is 17.7 Å². The normalized spacial score (nSPS) is 10.2. The van der Waals surface area contributed by atoms with E-state index < -0.39 is 0 Å². The molecule has 0 spiro atoms. The molecule has 0 saturated heterocycles. The zero-order chi connectivity index (χ0) is 12.3. The van der Waals surface area contributed by atoms with Crippen LogP contribution in [0.1, 0.15) is 17.3 Å². The third-order valence-corrected chi connectivity index (χ3v) is 2.41. The first-order valence-corrected chi connectivity index (χ1v) is 5.38. The number of hydrogen-bond donors (Lipinski definition) is 2. The lowest BCUT2D eigenvalue weighted by molar-refractivity contribution is 0.0956. The topological polar surface area (TPSA) is 72.9 Å². The summed E-state index contributed by atoms with van der Waals surface area (Å²) in [5.41, 5.74) is 7.83. The second kappa shape index (κ2) is 4.69. The van der Waals surface area contributed by atoms with E-state index in [2.05, 4.69) is 10.3 Å². The first-order chi connectivity index (χ1) is 8.22. The van der Waals surface area contributed by atoms with Crippen LogP contribution in [0.5, 0.6) is 0 Å². The van der Waals surface area contributed by atoms with Crippen LogP contribution >= 0.6 is 0 Å². The highest BCUT2D eigenvalue weighted by molar-refractivity contribution is 5.95. The smallest absolute Gasteiger partial charge is 0.251 e. The minimum absolute atomic E-state index is 0.103. The quantitative estimate of drug-likeness (QED) is 0.778. The minimum atomic E-state index is -0.103. The summed E-state index contributed by atoms with van der Waals surface area (Å²) in [6, 6.07) is 5.18. The van der Waals surface area contributed by atoms with Gasteiger partial charge in [0.2, 0.25) is 0 Å². The number of benzene rings is 1. The third-order valence-electron chi connectivity index (χ3n) is 2.41. The third kappa shape index (κ3) is 2.28. The molecule has 0 unspecified atom stereocenters. The molecule has 5 nitrogen and oxygen atoms in total. The molecule has 0 saturated carbocycles. The zero-order valence-corrected chi connectivity index (χ0v) is 9.55. The van der Waals surface area contributed by atoms with E-state index >= 15 is 0 Å². The molecule has 0 atom stereocenters. The van der Waals surface area contributed by atoms with E-state index in [1.54, 1.807) is 41.5 Å². The van der Waals surface area contributed by atoms with Crippen LogP contribution in [0.3, 0.4) is 0 Å². The van der Waals surface area contributed by atoms with Crippen LogP contribution in [0.4, 0.5) is 5.69 Å². The predicted molar refractivity (Wildman–Crippen MR) is 66.0 cm³/mol. The van der Waals surface area contributed by atoms with E-state index in [-0.39, 0.29) is 5.91 Å². The monoisotopic (exact) mass is 230 g/mol. The molecular formula is C12H14N4O. The van der Waals surface area contributed by atoms with Crippen LogP contribution in [-0.2, 0) is 0 Å².